The molecule has 0 atom stereocenters. The molecule has 2 aromatic heterocycles. The van der Waals surface area contributed by atoms with Crippen LogP contribution in [0.3, 0.4) is 0 Å². The smallest absolute Gasteiger partial charge is 0.276 e. The van der Waals surface area contributed by atoms with Crippen molar-refractivity contribution in [3.05, 3.63) is 50.5 Å². The van der Waals surface area contributed by atoms with Crippen molar-refractivity contribution in [2.24, 2.45) is 4.99 Å². The third-order valence-electron chi connectivity index (χ3n) is 5.01. The van der Waals surface area contributed by atoms with Crippen molar-refractivity contribution in [2.75, 3.05) is 31.4 Å². The minimum atomic E-state index is -0.0863. The molecule has 3 aromatic rings. The summed E-state index contributed by atoms with van der Waals surface area (Å²) in [6.07, 6.45) is 0. The zero-order valence-electron chi connectivity index (χ0n) is 18.3. The zero-order chi connectivity index (χ0) is 21.5. The molecule has 0 fully saturated rings. The van der Waals surface area contributed by atoms with E-state index in [0.717, 1.165) is 28.3 Å². The molecule has 0 aliphatic carbocycles. The molecule has 7 heteroatoms. The van der Waals surface area contributed by atoms with Crippen molar-refractivity contribution in [3.63, 3.8) is 0 Å². The van der Waals surface area contributed by atoms with Crippen LogP contribution in [0.1, 0.15) is 50.8 Å². The van der Waals surface area contributed by atoms with Crippen LogP contribution in [0.5, 0.6) is 0 Å². The third-order valence-corrected chi connectivity index (χ3v) is 5.01. The molecule has 2 N–H and O–H groups in total. The van der Waals surface area contributed by atoms with Crippen LogP contribution in [0.4, 0.5) is 17.1 Å². The Morgan fingerprint density at radius 2 is 1.90 bits per heavy atom. The van der Waals surface area contributed by atoms with Gasteiger partial charge in [0.25, 0.3) is 5.56 Å². The maximum Gasteiger partial charge on any atom is 0.276 e. The molecule has 0 spiro atoms. The Morgan fingerprint density at radius 1 is 1.21 bits per heavy atom. The normalized spacial score (nSPS) is 12.4. The minimum absolute atomic E-state index is 0.0794. The fourth-order valence-corrected chi connectivity index (χ4v) is 3.46. The third kappa shape index (κ3) is 3.64. The van der Waals surface area contributed by atoms with Crippen molar-refractivity contribution < 1.29 is 0 Å². The Kier molecular flexibility index (Phi) is 5.50. The highest BCUT2D eigenvalue weighted by molar-refractivity contribution is 5.71. The van der Waals surface area contributed by atoms with Crippen LogP contribution in [0.15, 0.2) is 28.0 Å². The van der Waals surface area contributed by atoms with E-state index in [2.05, 4.69) is 30.8 Å². The number of nitrogens with zero attached hydrogens (tertiary/aromatic N) is 4. The highest BCUT2D eigenvalue weighted by Crippen LogP contribution is 2.28. The first-order valence-corrected chi connectivity index (χ1v) is 9.87. The molecule has 0 bridgehead atoms. The van der Waals surface area contributed by atoms with Gasteiger partial charge in [0.2, 0.25) is 0 Å². The second-order valence-corrected chi connectivity index (χ2v) is 8.08. The summed E-state index contributed by atoms with van der Waals surface area (Å²) in [6.45, 7) is 12.2. The molecule has 1 aromatic carbocycles. The van der Waals surface area contributed by atoms with Gasteiger partial charge < -0.3 is 10.2 Å². The van der Waals surface area contributed by atoms with E-state index in [1.54, 1.807) is 0 Å². The monoisotopic (exact) mass is 394 g/mol. The van der Waals surface area contributed by atoms with E-state index in [9.17, 15) is 4.79 Å². The Bertz CT molecular complexity index is 1220. The number of aromatic nitrogens is 3. The van der Waals surface area contributed by atoms with Crippen LogP contribution in [0.2, 0.25) is 0 Å². The van der Waals surface area contributed by atoms with Gasteiger partial charge in [-0.3, -0.25) is 9.89 Å². The van der Waals surface area contributed by atoms with E-state index in [4.69, 9.17) is 9.98 Å². The Hall–Kier alpha value is -3.09. The first-order chi connectivity index (χ1) is 13.6. The van der Waals surface area contributed by atoms with E-state index in [1.807, 2.05) is 58.1 Å². The van der Waals surface area contributed by atoms with Gasteiger partial charge in [-0.15, -0.1) is 0 Å². The molecule has 154 valence electrons. The molecule has 0 amide bonds. The summed E-state index contributed by atoms with van der Waals surface area (Å²) >= 11 is 0. The van der Waals surface area contributed by atoms with Gasteiger partial charge >= 0.3 is 0 Å². The summed E-state index contributed by atoms with van der Waals surface area (Å²) in [5.41, 5.74) is 4.69. The average Bonchev–Trinajstić information content (AvgIpc) is 2.97. The van der Waals surface area contributed by atoms with E-state index in [1.165, 1.54) is 4.52 Å². The van der Waals surface area contributed by atoms with Crippen molar-refractivity contribution in [1.29, 1.82) is 0 Å². The van der Waals surface area contributed by atoms with Gasteiger partial charge in [-0.05, 0) is 30.0 Å². The SMILES string of the molecule is C=c1[nH]n2c(=O)c(C(C)C)c(C(C)C)nc2c1=Nc1ccc(N(C)C)cc1NC. The summed E-state index contributed by atoms with van der Waals surface area (Å²) in [4.78, 5) is 24.9. The lowest BCUT2D eigenvalue weighted by atomic mass is 9.96. The number of H-pyrrole nitrogens is 1. The predicted octanol–water partition coefficient (Wildman–Crippen LogP) is 2.74. The van der Waals surface area contributed by atoms with Crippen LogP contribution in [-0.4, -0.2) is 35.7 Å². The highest BCUT2D eigenvalue weighted by atomic mass is 16.1. The number of rotatable bonds is 5. The van der Waals surface area contributed by atoms with Gasteiger partial charge in [0.15, 0.2) is 5.65 Å². The second-order valence-electron chi connectivity index (χ2n) is 8.08. The lowest BCUT2D eigenvalue weighted by Gasteiger charge is -2.15. The van der Waals surface area contributed by atoms with Gasteiger partial charge in [-0.1, -0.05) is 34.3 Å². The van der Waals surface area contributed by atoms with Crippen LogP contribution in [-0.2, 0) is 0 Å². The van der Waals surface area contributed by atoms with Gasteiger partial charge in [0.1, 0.15) is 5.36 Å². The quantitative estimate of drug-likeness (QED) is 0.698. The van der Waals surface area contributed by atoms with Gasteiger partial charge in [-0.25, -0.2) is 9.98 Å². The summed E-state index contributed by atoms with van der Waals surface area (Å²) in [5, 5.41) is 7.38. The zero-order valence-corrected chi connectivity index (χ0v) is 18.3. The summed E-state index contributed by atoms with van der Waals surface area (Å²) in [7, 11) is 5.85. The molecule has 29 heavy (non-hydrogen) atoms. The van der Waals surface area contributed by atoms with Crippen molar-refractivity contribution in [1.82, 2.24) is 14.6 Å². The lowest BCUT2D eigenvalue weighted by molar-refractivity contribution is 0.720. The summed E-state index contributed by atoms with van der Waals surface area (Å²) < 4.78 is 1.47. The van der Waals surface area contributed by atoms with E-state index in [0.29, 0.717) is 16.4 Å². The fraction of sp³-hybridized carbons (Fsp3) is 0.409. The highest BCUT2D eigenvalue weighted by Gasteiger charge is 2.20. The Labute approximate surface area is 170 Å². The Morgan fingerprint density at radius 3 is 2.45 bits per heavy atom. The van der Waals surface area contributed by atoms with E-state index >= 15 is 0 Å². The minimum Gasteiger partial charge on any atom is -0.386 e. The van der Waals surface area contributed by atoms with Gasteiger partial charge in [-0.2, -0.15) is 4.52 Å². The standard InChI is InChI=1S/C22H30N6O/c1-12(2)18-19(13(3)4)25-21-20(14(5)26-28(21)22(18)29)24-16-10-9-15(27(7)8)11-17(16)23-6/h9-13,23,26H,5H2,1-4,6-8H3. The van der Waals surface area contributed by atoms with Crippen molar-refractivity contribution in [3.8, 4) is 0 Å². The van der Waals surface area contributed by atoms with Crippen LogP contribution in [0, 0.1) is 0 Å². The number of aromatic amines is 1. The van der Waals surface area contributed by atoms with Crippen LogP contribution in [0.25, 0.3) is 12.2 Å². The number of hydrogen-bond acceptors (Lipinski definition) is 5. The maximum absolute atomic E-state index is 13.2. The number of benzene rings is 1. The summed E-state index contributed by atoms with van der Waals surface area (Å²) in [5.74, 6) is 0.212. The summed E-state index contributed by atoms with van der Waals surface area (Å²) in [6, 6.07) is 5.99. The number of anilines is 2. The molecule has 0 unspecified atom stereocenters. The molecule has 0 saturated heterocycles. The average molecular weight is 395 g/mol. The van der Waals surface area contributed by atoms with Crippen molar-refractivity contribution in [2.45, 2.75) is 39.5 Å². The van der Waals surface area contributed by atoms with Gasteiger partial charge in [0, 0.05) is 32.4 Å². The number of fused-ring (bicyclic) bond motifs is 1. The lowest BCUT2D eigenvalue weighted by Crippen LogP contribution is -2.25. The molecule has 2 heterocycles. The molecule has 0 saturated carbocycles. The van der Waals surface area contributed by atoms with E-state index < -0.39 is 0 Å². The van der Waals surface area contributed by atoms with Crippen molar-refractivity contribution >= 4 is 29.3 Å². The first kappa shape index (κ1) is 20.6. The fourth-order valence-electron chi connectivity index (χ4n) is 3.46. The number of hydrogen-bond donors (Lipinski definition) is 2. The maximum atomic E-state index is 13.2. The molecular weight excluding hydrogens is 364 g/mol. The molecule has 0 radical (unpaired) electrons. The topological polar surface area (TPSA) is 77.8 Å². The molecule has 7 nitrogen and oxygen atoms in total. The molecule has 0 aliphatic heterocycles. The van der Waals surface area contributed by atoms with Gasteiger partial charge in [0.05, 0.1) is 22.4 Å². The second kappa shape index (κ2) is 7.73. The first-order valence-electron chi connectivity index (χ1n) is 9.87. The largest absolute Gasteiger partial charge is 0.386 e. The molecular formula is C22H30N6O. The number of nitrogens with one attached hydrogen (secondary N) is 2. The Balaban J connectivity index is 2.36. The van der Waals surface area contributed by atoms with Crippen LogP contribution < -0.4 is 26.5 Å². The predicted molar refractivity (Wildman–Crippen MR) is 120 cm³/mol. The van der Waals surface area contributed by atoms with E-state index in [-0.39, 0.29) is 17.4 Å². The van der Waals surface area contributed by atoms with Crippen LogP contribution >= 0.6 is 0 Å². The molecule has 3 rings (SSSR count). The molecule has 0 aliphatic rings.